The molecule has 20 heavy (non-hydrogen) atoms. The number of benzene rings is 1. The topological polar surface area (TPSA) is 66.5 Å². The summed E-state index contributed by atoms with van der Waals surface area (Å²) in [6, 6.07) is 4.37. The summed E-state index contributed by atoms with van der Waals surface area (Å²) in [5.74, 6) is -0.457. The summed E-state index contributed by atoms with van der Waals surface area (Å²) in [6.45, 7) is 3.35. The summed E-state index contributed by atoms with van der Waals surface area (Å²) in [5, 5.41) is 3.03. The van der Waals surface area contributed by atoms with Crippen LogP contribution in [0.25, 0.3) is 0 Å². The maximum Gasteiger partial charge on any atom is 0.241 e. The van der Waals surface area contributed by atoms with Gasteiger partial charge in [0.15, 0.2) is 0 Å². The summed E-state index contributed by atoms with van der Waals surface area (Å²) in [6.07, 6.45) is 2.50. The molecule has 1 N–H and O–H groups in total. The summed E-state index contributed by atoms with van der Waals surface area (Å²) in [7, 11) is -3.65. The number of sulfonamides is 1. The van der Waals surface area contributed by atoms with Gasteiger partial charge in [0.05, 0.1) is 17.0 Å². The molecule has 0 fully saturated rings. The molecule has 0 unspecified atom stereocenters. The van der Waals surface area contributed by atoms with Crippen LogP contribution in [0, 0.1) is 0 Å². The Morgan fingerprint density at radius 2 is 2.10 bits per heavy atom. The molecule has 0 aromatic heterocycles. The van der Waals surface area contributed by atoms with Crippen molar-refractivity contribution in [3.63, 3.8) is 0 Å². The molecule has 0 atom stereocenters. The summed E-state index contributed by atoms with van der Waals surface area (Å²) in [5.41, 5.74) is 0.201. The van der Waals surface area contributed by atoms with Gasteiger partial charge < -0.3 is 5.32 Å². The molecule has 0 saturated heterocycles. The van der Waals surface area contributed by atoms with E-state index in [0.29, 0.717) is 5.02 Å². The van der Waals surface area contributed by atoms with Crippen LogP contribution in [0.2, 0.25) is 10.0 Å². The highest BCUT2D eigenvalue weighted by molar-refractivity contribution is 7.92. The van der Waals surface area contributed by atoms with Crippen LogP contribution in [-0.4, -0.2) is 33.7 Å². The minimum atomic E-state index is -3.65. The third-order valence-corrected chi connectivity index (χ3v) is 3.97. The molecule has 0 bridgehead atoms. The van der Waals surface area contributed by atoms with E-state index in [4.69, 9.17) is 23.2 Å². The fourth-order valence-electron chi connectivity index (χ4n) is 1.44. The van der Waals surface area contributed by atoms with Crippen molar-refractivity contribution < 1.29 is 13.2 Å². The van der Waals surface area contributed by atoms with E-state index in [9.17, 15) is 13.2 Å². The molecule has 1 amide bonds. The highest BCUT2D eigenvalue weighted by Gasteiger charge is 2.22. The first-order chi connectivity index (χ1) is 9.25. The Kier molecular flexibility index (Phi) is 5.86. The van der Waals surface area contributed by atoms with E-state index in [1.165, 1.54) is 24.3 Å². The molecule has 5 nitrogen and oxygen atoms in total. The van der Waals surface area contributed by atoms with Crippen LogP contribution in [0.3, 0.4) is 0 Å². The molecule has 110 valence electrons. The second-order valence-electron chi connectivity index (χ2n) is 3.96. The standard InChI is InChI=1S/C12H14Cl2N2O3S/c1-3-6-15-12(17)8-16(20(2,18)19)11-5-4-9(13)7-10(11)14/h3-5,7H,1,6,8H2,2H3,(H,15,17). The number of anilines is 1. The highest BCUT2D eigenvalue weighted by Crippen LogP contribution is 2.30. The van der Waals surface area contributed by atoms with E-state index >= 15 is 0 Å². The van der Waals surface area contributed by atoms with Gasteiger partial charge in [0.2, 0.25) is 15.9 Å². The van der Waals surface area contributed by atoms with Crippen LogP contribution >= 0.6 is 23.2 Å². The van der Waals surface area contributed by atoms with Gasteiger partial charge in [-0.1, -0.05) is 29.3 Å². The van der Waals surface area contributed by atoms with Crippen molar-refractivity contribution in [2.75, 3.05) is 23.7 Å². The lowest BCUT2D eigenvalue weighted by Gasteiger charge is -2.22. The van der Waals surface area contributed by atoms with Gasteiger partial charge in [-0.2, -0.15) is 0 Å². The van der Waals surface area contributed by atoms with Crippen LogP contribution in [0.5, 0.6) is 0 Å². The Morgan fingerprint density at radius 3 is 2.60 bits per heavy atom. The van der Waals surface area contributed by atoms with E-state index in [2.05, 4.69) is 11.9 Å². The van der Waals surface area contributed by atoms with E-state index < -0.39 is 15.9 Å². The van der Waals surface area contributed by atoms with Crippen LogP contribution in [0.15, 0.2) is 30.9 Å². The summed E-state index contributed by atoms with van der Waals surface area (Å²) >= 11 is 11.7. The first kappa shape index (κ1) is 16.8. The number of amides is 1. The van der Waals surface area contributed by atoms with E-state index in [1.54, 1.807) is 0 Å². The molecule has 0 aliphatic carbocycles. The lowest BCUT2D eigenvalue weighted by atomic mass is 10.3. The Hall–Kier alpha value is -1.24. The quantitative estimate of drug-likeness (QED) is 0.808. The van der Waals surface area contributed by atoms with E-state index in [0.717, 1.165) is 10.6 Å². The molecule has 0 aliphatic heterocycles. The third kappa shape index (κ3) is 4.70. The zero-order valence-electron chi connectivity index (χ0n) is 10.8. The maximum atomic E-state index is 11.8. The van der Waals surface area contributed by atoms with Gasteiger partial charge in [0.1, 0.15) is 6.54 Å². The van der Waals surface area contributed by atoms with Gasteiger partial charge in [0, 0.05) is 11.6 Å². The van der Waals surface area contributed by atoms with Crippen molar-refractivity contribution in [2.45, 2.75) is 0 Å². The van der Waals surface area contributed by atoms with E-state index in [-0.39, 0.29) is 23.8 Å². The largest absolute Gasteiger partial charge is 0.351 e. The molecule has 0 radical (unpaired) electrons. The van der Waals surface area contributed by atoms with Crippen molar-refractivity contribution in [1.82, 2.24) is 5.32 Å². The molecule has 0 spiro atoms. The molecular weight excluding hydrogens is 323 g/mol. The number of hydrogen-bond donors (Lipinski definition) is 1. The molecule has 1 rings (SSSR count). The number of hydrogen-bond acceptors (Lipinski definition) is 3. The molecule has 0 aliphatic rings. The van der Waals surface area contributed by atoms with Gasteiger partial charge in [-0.3, -0.25) is 9.10 Å². The lowest BCUT2D eigenvalue weighted by molar-refractivity contribution is -0.119. The first-order valence-corrected chi connectivity index (χ1v) is 8.16. The molecular formula is C12H14Cl2N2O3S. The Bertz CT molecular complexity index is 617. The van der Waals surface area contributed by atoms with Gasteiger partial charge in [-0.05, 0) is 18.2 Å². The van der Waals surface area contributed by atoms with E-state index in [1.807, 2.05) is 0 Å². The van der Waals surface area contributed by atoms with Crippen molar-refractivity contribution >= 4 is 44.8 Å². The Labute approximate surface area is 128 Å². The van der Waals surface area contributed by atoms with Crippen molar-refractivity contribution in [3.05, 3.63) is 40.9 Å². The predicted molar refractivity (Wildman–Crippen MR) is 81.9 cm³/mol. The average Bonchev–Trinajstić information content (AvgIpc) is 2.33. The summed E-state index contributed by atoms with van der Waals surface area (Å²) in [4.78, 5) is 11.7. The van der Waals surface area contributed by atoms with Crippen molar-refractivity contribution in [1.29, 1.82) is 0 Å². The monoisotopic (exact) mass is 336 g/mol. The summed E-state index contributed by atoms with van der Waals surface area (Å²) < 4.78 is 24.5. The zero-order chi connectivity index (χ0) is 15.3. The van der Waals surface area contributed by atoms with Crippen molar-refractivity contribution in [2.24, 2.45) is 0 Å². The minimum Gasteiger partial charge on any atom is -0.351 e. The van der Waals surface area contributed by atoms with Crippen LogP contribution in [0.4, 0.5) is 5.69 Å². The number of carbonyl (C=O) groups is 1. The first-order valence-electron chi connectivity index (χ1n) is 5.56. The second-order valence-corrected chi connectivity index (χ2v) is 6.71. The molecule has 0 saturated carbocycles. The molecule has 1 aromatic rings. The Balaban J connectivity index is 3.08. The Morgan fingerprint density at radius 1 is 1.45 bits per heavy atom. The van der Waals surface area contributed by atoms with Crippen LogP contribution < -0.4 is 9.62 Å². The van der Waals surface area contributed by atoms with Crippen molar-refractivity contribution in [3.8, 4) is 0 Å². The average molecular weight is 337 g/mol. The molecule has 8 heteroatoms. The molecule has 0 heterocycles. The highest BCUT2D eigenvalue weighted by atomic mass is 35.5. The second kappa shape index (κ2) is 6.97. The van der Waals surface area contributed by atoms with Crippen LogP contribution in [0.1, 0.15) is 0 Å². The number of carbonyl (C=O) groups excluding carboxylic acids is 1. The minimum absolute atomic E-state index is 0.152. The maximum absolute atomic E-state index is 11.8. The predicted octanol–water partition coefficient (Wildman–Crippen LogP) is 2.06. The zero-order valence-corrected chi connectivity index (χ0v) is 13.1. The number of rotatable bonds is 6. The third-order valence-electron chi connectivity index (χ3n) is 2.31. The van der Waals surface area contributed by atoms with Gasteiger partial charge >= 0.3 is 0 Å². The van der Waals surface area contributed by atoms with Gasteiger partial charge in [0.25, 0.3) is 0 Å². The van der Waals surface area contributed by atoms with Gasteiger partial charge in [-0.25, -0.2) is 8.42 Å². The fourth-order valence-corrected chi connectivity index (χ4v) is 2.87. The number of nitrogens with one attached hydrogen (secondary N) is 1. The fraction of sp³-hybridized carbons (Fsp3) is 0.250. The SMILES string of the molecule is C=CCNC(=O)CN(c1ccc(Cl)cc1Cl)S(C)(=O)=O. The van der Waals surface area contributed by atoms with Crippen LogP contribution in [-0.2, 0) is 14.8 Å². The lowest BCUT2D eigenvalue weighted by Crippen LogP contribution is -2.40. The smallest absolute Gasteiger partial charge is 0.241 e. The number of nitrogens with zero attached hydrogens (tertiary/aromatic N) is 1. The van der Waals surface area contributed by atoms with Gasteiger partial charge in [-0.15, -0.1) is 6.58 Å². The normalized spacial score (nSPS) is 10.9. The molecule has 1 aromatic carbocycles. The number of halogens is 2.